The van der Waals surface area contributed by atoms with E-state index in [1.807, 2.05) is 30.2 Å². The first-order valence-corrected chi connectivity index (χ1v) is 5.01. The van der Waals surface area contributed by atoms with Gasteiger partial charge in [-0.1, -0.05) is 0 Å². The molecule has 2 rings (SSSR count). The van der Waals surface area contributed by atoms with E-state index in [9.17, 15) is 0 Å². The summed E-state index contributed by atoms with van der Waals surface area (Å²) in [5, 5.41) is 7.52. The average Bonchev–Trinajstić information content (AvgIpc) is 2.84. The lowest BCUT2D eigenvalue weighted by Gasteiger charge is -2.03. The lowest BCUT2D eigenvalue weighted by Crippen LogP contribution is -2.19. The Labute approximate surface area is 101 Å². The number of aromatic amines is 1. The van der Waals surface area contributed by atoms with Crippen molar-refractivity contribution < 1.29 is 0 Å². The molecule has 0 atom stereocenters. The minimum absolute atomic E-state index is 0. The summed E-state index contributed by atoms with van der Waals surface area (Å²) in [5.74, 6) is 0. The maximum absolute atomic E-state index is 4.21. The summed E-state index contributed by atoms with van der Waals surface area (Å²) in [6.45, 7) is 4.66. The molecule has 5 nitrogen and oxygen atoms in total. The predicted octanol–water partition coefficient (Wildman–Crippen LogP) is 1.13. The van der Waals surface area contributed by atoms with Crippen LogP contribution in [0.2, 0.25) is 0 Å². The average molecular weight is 242 g/mol. The lowest BCUT2D eigenvalue weighted by atomic mass is 10.4. The number of aryl methyl sites for hydroxylation is 1. The van der Waals surface area contributed by atoms with Crippen LogP contribution in [0.15, 0.2) is 24.9 Å². The molecule has 0 unspecified atom stereocenters. The van der Waals surface area contributed by atoms with Crippen molar-refractivity contribution in [2.75, 3.05) is 6.54 Å². The van der Waals surface area contributed by atoms with Gasteiger partial charge in [-0.2, -0.15) is 5.10 Å². The van der Waals surface area contributed by atoms with E-state index in [4.69, 9.17) is 0 Å². The van der Waals surface area contributed by atoms with Crippen molar-refractivity contribution in [3.63, 3.8) is 0 Å². The largest absolute Gasteiger partial charge is 0.347 e. The molecule has 6 heteroatoms. The second kappa shape index (κ2) is 6.30. The van der Waals surface area contributed by atoms with E-state index >= 15 is 0 Å². The van der Waals surface area contributed by atoms with Crippen LogP contribution in [0.5, 0.6) is 0 Å². The summed E-state index contributed by atoms with van der Waals surface area (Å²) in [7, 11) is 0. The molecule has 0 saturated heterocycles. The Balaban J connectivity index is 0.00000128. The molecule has 0 amide bonds. The lowest BCUT2D eigenvalue weighted by molar-refractivity contribution is 0.552. The van der Waals surface area contributed by atoms with Crippen molar-refractivity contribution in [1.82, 2.24) is 25.1 Å². The fourth-order valence-corrected chi connectivity index (χ4v) is 1.39. The molecule has 2 N–H and O–H groups in total. The van der Waals surface area contributed by atoms with Crippen LogP contribution in [0.25, 0.3) is 0 Å². The number of halogens is 1. The van der Waals surface area contributed by atoms with Crippen LogP contribution in [0.4, 0.5) is 0 Å². The Morgan fingerprint density at radius 3 is 2.94 bits per heavy atom. The quantitative estimate of drug-likeness (QED) is 0.772. The zero-order chi connectivity index (χ0) is 10.5. The van der Waals surface area contributed by atoms with Gasteiger partial charge in [-0.05, 0) is 12.5 Å². The van der Waals surface area contributed by atoms with Crippen molar-refractivity contribution in [3.05, 3.63) is 36.2 Å². The highest BCUT2D eigenvalue weighted by Crippen LogP contribution is 1.93. The number of hydrogen-bond acceptors (Lipinski definition) is 3. The van der Waals surface area contributed by atoms with Gasteiger partial charge in [-0.15, -0.1) is 12.4 Å². The van der Waals surface area contributed by atoms with Gasteiger partial charge in [0, 0.05) is 31.2 Å². The third-order valence-electron chi connectivity index (χ3n) is 2.15. The van der Waals surface area contributed by atoms with Crippen molar-refractivity contribution in [2.45, 2.75) is 20.0 Å². The third kappa shape index (κ3) is 3.67. The second-order valence-electron chi connectivity index (χ2n) is 3.53. The molecule has 2 aromatic heterocycles. The van der Waals surface area contributed by atoms with Gasteiger partial charge in [0.15, 0.2) is 0 Å². The first-order chi connectivity index (χ1) is 7.34. The molecule has 88 valence electrons. The Bertz CT molecular complexity index is 395. The molecular weight excluding hydrogens is 226 g/mol. The summed E-state index contributed by atoms with van der Waals surface area (Å²) in [6, 6.07) is 0. The number of nitrogens with one attached hydrogen (secondary N) is 2. The SMILES string of the molecule is Cc1cnn(CCNCc2cnc[nH]2)c1.Cl. The van der Waals surface area contributed by atoms with Crippen molar-refractivity contribution >= 4 is 12.4 Å². The number of hydrogen-bond donors (Lipinski definition) is 2. The first-order valence-electron chi connectivity index (χ1n) is 5.01. The van der Waals surface area contributed by atoms with E-state index in [0.717, 1.165) is 25.3 Å². The summed E-state index contributed by atoms with van der Waals surface area (Å²) < 4.78 is 1.94. The standard InChI is InChI=1S/C10H15N5.ClH/c1-9-4-14-15(7-9)3-2-11-5-10-6-12-8-13-10;/h4,6-8,11H,2-3,5H2,1H3,(H,12,13);1H. The van der Waals surface area contributed by atoms with E-state index in [2.05, 4.69) is 20.4 Å². The molecule has 0 bridgehead atoms. The molecule has 0 aliphatic heterocycles. The van der Waals surface area contributed by atoms with Gasteiger partial charge in [0.05, 0.1) is 19.1 Å². The molecule has 2 heterocycles. The van der Waals surface area contributed by atoms with Gasteiger partial charge < -0.3 is 10.3 Å². The molecular formula is C10H16ClN5. The maximum atomic E-state index is 4.21. The van der Waals surface area contributed by atoms with Crippen LogP contribution >= 0.6 is 12.4 Å². The zero-order valence-electron chi connectivity index (χ0n) is 9.18. The highest BCUT2D eigenvalue weighted by atomic mass is 35.5. The fourth-order valence-electron chi connectivity index (χ4n) is 1.39. The van der Waals surface area contributed by atoms with Gasteiger partial charge >= 0.3 is 0 Å². The molecule has 0 aliphatic rings. The van der Waals surface area contributed by atoms with E-state index in [-0.39, 0.29) is 12.4 Å². The normalized spacial score (nSPS) is 10.1. The Morgan fingerprint density at radius 2 is 2.31 bits per heavy atom. The molecule has 16 heavy (non-hydrogen) atoms. The van der Waals surface area contributed by atoms with Crippen molar-refractivity contribution in [2.24, 2.45) is 0 Å². The minimum atomic E-state index is 0. The van der Waals surface area contributed by atoms with Gasteiger partial charge in [-0.3, -0.25) is 4.68 Å². The highest BCUT2D eigenvalue weighted by Gasteiger charge is 1.95. The number of aromatic nitrogens is 4. The van der Waals surface area contributed by atoms with E-state index in [1.54, 1.807) is 6.33 Å². The van der Waals surface area contributed by atoms with Crippen LogP contribution in [0.1, 0.15) is 11.3 Å². The highest BCUT2D eigenvalue weighted by molar-refractivity contribution is 5.85. The summed E-state index contributed by atoms with van der Waals surface area (Å²) >= 11 is 0. The molecule has 0 aromatic carbocycles. The van der Waals surface area contributed by atoms with Gasteiger partial charge in [-0.25, -0.2) is 4.98 Å². The molecule has 0 fully saturated rings. The number of imidazole rings is 1. The van der Waals surface area contributed by atoms with Crippen LogP contribution < -0.4 is 5.32 Å². The molecule has 0 saturated carbocycles. The number of H-pyrrole nitrogens is 1. The predicted molar refractivity (Wildman–Crippen MR) is 64.5 cm³/mol. The Kier molecular flexibility index (Phi) is 5.01. The van der Waals surface area contributed by atoms with Gasteiger partial charge in [0.2, 0.25) is 0 Å². The van der Waals surface area contributed by atoms with Crippen LogP contribution in [-0.2, 0) is 13.1 Å². The fraction of sp³-hybridized carbons (Fsp3) is 0.400. The van der Waals surface area contributed by atoms with E-state index in [0.29, 0.717) is 0 Å². The summed E-state index contributed by atoms with van der Waals surface area (Å²) in [6.07, 6.45) is 7.42. The van der Waals surface area contributed by atoms with E-state index < -0.39 is 0 Å². The second-order valence-corrected chi connectivity index (χ2v) is 3.53. The summed E-state index contributed by atoms with van der Waals surface area (Å²) in [5.41, 5.74) is 2.30. The minimum Gasteiger partial charge on any atom is -0.347 e. The van der Waals surface area contributed by atoms with Gasteiger partial charge in [0.25, 0.3) is 0 Å². The third-order valence-corrected chi connectivity index (χ3v) is 2.15. The molecule has 0 spiro atoms. The van der Waals surface area contributed by atoms with Gasteiger partial charge in [0.1, 0.15) is 0 Å². The Hall–Kier alpha value is -1.33. The van der Waals surface area contributed by atoms with E-state index in [1.165, 1.54) is 5.56 Å². The topological polar surface area (TPSA) is 58.5 Å². The molecule has 2 aromatic rings. The van der Waals surface area contributed by atoms with Crippen molar-refractivity contribution in [1.29, 1.82) is 0 Å². The number of nitrogens with zero attached hydrogens (tertiary/aromatic N) is 3. The Morgan fingerprint density at radius 1 is 1.44 bits per heavy atom. The van der Waals surface area contributed by atoms with Crippen LogP contribution in [-0.4, -0.2) is 26.3 Å². The van der Waals surface area contributed by atoms with Crippen molar-refractivity contribution in [3.8, 4) is 0 Å². The van der Waals surface area contributed by atoms with Crippen LogP contribution in [0, 0.1) is 6.92 Å². The van der Waals surface area contributed by atoms with Crippen LogP contribution in [0.3, 0.4) is 0 Å². The molecule has 0 aliphatic carbocycles. The zero-order valence-corrected chi connectivity index (χ0v) is 10.00. The summed E-state index contributed by atoms with van der Waals surface area (Å²) in [4.78, 5) is 6.99. The number of rotatable bonds is 5. The molecule has 0 radical (unpaired) electrons. The smallest absolute Gasteiger partial charge is 0.0922 e. The monoisotopic (exact) mass is 241 g/mol. The first kappa shape index (κ1) is 12.7. The maximum Gasteiger partial charge on any atom is 0.0922 e.